The van der Waals surface area contributed by atoms with Crippen LogP contribution < -0.4 is 10.2 Å². The molecule has 1 aromatic carbocycles. The summed E-state index contributed by atoms with van der Waals surface area (Å²) in [7, 11) is 1.87. The van der Waals surface area contributed by atoms with E-state index >= 15 is 0 Å². The first-order valence-electron chi connectivity index (χ1n) is 10.7. The van der Waals surface area contributed by atoms with Crippen LogP contribution in [0, 0.1) is 0 Å². The number of hydrogen-bond donors (Lipinski definition) is 1. The van der Waals surface area contributed by atoms with Crippen molar-refractivity contribution in [3.05, 3.63) is 64.7 Å². The van der Waals surface area contributed by atoms with Gasteiger partial charge in [0.25, 0.3) is 5.91 Å². The number of halogens is 3. The van der Waals surface area contributed by atoms with Gasteiger partial charge in [0.1, 0.15) is 23.8 Å². The first-order valence-corrected chi connectivity index (χ1v) is 10.7. The Labute approximate surface area is 189 Å². The molecule has 33 heavy (non-hydrogen) atoms. The molecule has 0 aliphatic carbocycles. The van der Waals surface area contributed by atoms with Gasteiger partial charge in [-0.25, -0.2) is 4.98 Å². The van der Waals surface area contributed by atoms with Crippen molar-refractivity contribution in [1.29, 1.82) is 0 Å². The molecule has 0 radical (unpaired) electrons. The van der Waals surface area contributed by atoms with E-state index in [0.29, 0.717) is 18.1 Å². The van der Waals surface area contributed by atoms with Gasteiger partial charge in [-0.05, 0) is 55.2 Å². The topological polar surface area (TPSA) is 75.9 Å². The fourth-order valence-electron chi connectivity index (χ4n) is 4.00. The van der Waals surface area contributed by atoms with Crippen molar-refractivity contribution < 1.29 is 18.0 Å². The highest BCUT2D eigenvalue weighted by molar-refractivity contribution is 6.10. The zero-order chi connectivity index (χ0) is 23.9. The number of carbonyl (C=O) groups excluding carboxylic acids is 1. The van der Waals surface area contributed by atoms with E-state index in [4.69, 9.17) is 0 Å². The average Bonchev–Trinajstić information content (AvgIpc) is 3.29. The average molecular weight is 458 g/mol. The highest BCUT2D eigenvalue weighted by Gasteiger charge is 2.40. The molecule has 3 heterocycles. The number of aromatic nitrogens is 4. The van der Waals surface area contributed by atoms with Crippen LogP contribution in [-0.2, 0) is 26.2 Å². The second-order valence-corrected chi connectivity index (χ2v) is 8.63. The normalized spacial score (nSPS) is 14.7. The van der Waals surface area contributed by atoms with Crippen LogP contribution in [0.4, 0.5) is 24.8 Å². The lowest BCUT2D eigenvalue weighted by molar-refractivity contribution is -0.138. The largest absolute Gasteiger partial charge is 0.416 e. The standard InChI is InChI=1S/C23H25F3N6O/c1-13(2)28-19-9-15(14(3)8-21-30-27-12-31(21)4)10-20(29-19)32-11-17-16(22(32)33)6-5-7-18(17)23(24,25)26/h5-7,9-10,12-14H,8,11H2,1-4H3,(H,28,29)/t14-/m1/s1. The van der Waals surface area contributed by atoms with Gasteiger partial charge in [0.2, 0.25) is 0 Å². The minimum absolute atomic E-state index is 0.00757. The molecule has 0 bridgehead atoms. The molecule has 1 aliphatic heterocycles. The molecule has 0 saturated heterocycles. The number of hydrogen-bond acceptors (Lipinski definition) is 5. The molecule has 1 atom stereocenters. The summed E-state index contributed by atoms with van der Waals surface area (Å²) in [6.07, 6.45) is -2.30. The van der Waals surface area contributed by atoms with E-state index in [0.717, 1.165) is 17.5 Å². The lowest BCUT2D eigenvalue weighted by Crippen LogP contribution is -2.25. The van der Waals surface area contributed by atoms with Gasteiger partial charge < -0.3 is 9.88 Å². The molecule has 4 rings (SSSR count). The third kappa shape index (κ3) is 4.55. The van der Waals surface area contributed by atoms with E-state index in [1.165, 1.54) is 17.0 Å². The molecule has 1 N–H and O–H groups in total. The van der Waals surface area contributed by atoms with E-state index in [1.54, 1.807) is 12.4 Å². The number of aryl methyl sites for hydroxylation is 1. The van der Waals surface area contributed by atoms with Gasteiger partial charge in [-0.3, -0.25) is 9.69 Å². The number of nitrogens with zero attached hydrogens (tertiary/aromatic N) is 5. The quantitative estimate of drug-likeness (QED) is 0.586. The number of benzene rings is 1. The second-order valence-electron chi connectivity index (χ2n) is 8.63. The molecule has 2 aromatic heterocycles. The number of amides is 1. The van der Waals surface area contributed by atoms with Gasteiger partial charge in [0.05, 0.1) is 12.1 Å². The summed E-state index contributed by atoms with van der Waals surface area (Å²) in [6, 6.07) is 7.46. The number of carbonyl (C=O) groups is 1. The molecular weight excluding hydrogens is 433 g/mol. The van der Waals surface area contributed by atoms with Crippen molar-refractivity contribution in [3.63, 3.8) is 0 Å². The highest BCUT2D eigenvalue weighted by Crippen LogP contribution is 2.39. The fraction of sp³-hybridized carbons (Fsp3) is 0.391. The molecule has 10 heteroatoms. The molecule has 0 spiro atoms. The molecule has 0 saturated carbocycles. The maximum atomic E-state index is 13.5. The minimum Gasteiger partial charge on any atom is -0.368 e. The van der Waals surface area contributed by atoms with Crippen LogP contribution in [0.15, 0.2) is 36.7 Å². The molecule has 0 fully saturated rings. The molecule has 174 valence electrons. The van der Waals surface area contributed by atoms with Crippen molar-refractivity contribution in [2.75, 3.05) is 10.2 Å². The first-order chi connectivity index (χ1) is 15.5. The van der Waals surface area contributed by atoms with Gasteiger partial charge in [-0.15, -0.1) is 10.2 Å². The number of alkyl halides is 3. The molecule has 1 amide bonds. The van der Waals surface area contributed by atoms with Crippen LogP contribution in [0.25, 0.3) is 0 Å². The summed E-state index contributed by atoms with van der Waals surface area (Å²) in [5, 5.41) is 11.3. The Morgan fingerprint density at radius 3 is 2.58 bits per heavy atom. The second kappa shape index (κ2) is 8.49. The van der Waals surface area contributed by atoms with Crippen molar-refractivity contribution in [3.8, 4) is 0 Å². The van der Waals surface area contributed by atoms with Crippen molar-refractivity contribution >= 4 is 17.5 Å². The number of anilines is 2. The van der Waals surface area contributed by atoms with Crippen LogP contribution in [0.3, 0.4) is 0 Å². The monoisotopic (exact) mass is 458 g/mol. The van der Waals surface area contributed by atoms with Gasteiger partial charge in [-0.2, -0.15) is 13.2 Å². The lowest BCUT2D eigenvalue weighted by atomic mass is 9.97. The van der Waals surface area contributed by atoms with Crippen molar-refractivity contribution in [1.82, 2.24) is 19.7 Å². The van der Waals surface area contributed by atoms with E-state index < -0.39 is 17.6 Å². The Kier molecular flexibility index (Phi) is 5.85. The molecule has 7 nitrogen and oxygen atoms in total. The van der Waals surface area contributed by atoms with Gasteiger partial charge in [0, 0.05) is 25.1 Å². The predicted octanol–water partition coefficient (Wildman–Crippen LogP) is 4.56. The fourth-order valence-corrected chi connectivity index (χ4v) is 4.00. The van der Waals surface area contributed by atoms with E-state index in [-0.39, 0.29) is 29.6 Å². The van der Waals surface area contributed by atoms with Crippen LogP contribution in [0.2, 0.25) is 0 Å². The number of nitrogens with one attached hydrogen (secondary N) is 1. The smallest absolute Gasteiger partial charge is 0.368 e. The first kappa shape index (κ1) is 22.8. The van der Waals surface area contributed by atoms with E-state index in [9.17, 15) is 18.0 Å². The predicted molar refractivity (Wildman–Crippen MR) is 118 cm³/mol. The minimum atomic E-state index is -4.54. The number of fused-ring (bicyclic) bond motifs is 1. The maximum Gasteiger partial charge on any atom is 0.416 e. The van der Waals surface area contributed by atoms with Crippen LogP contribution in [0.5, 0.6) is 0 Å². The van der Waals surface area contributed by atoms with Gasteiger partial charge in [-0.1, -0.05) is 13.0 Å². The summed E-state index contributed by atoms with van der Waals surface area (Å²) in [6.45, 7) is 5.77. The summed E-state index contributed by atoms with van der Waals surface area (Å²) < 4.78 is 42.4. The third-order valence-corrected chi connectivity index (χ3v) is 5.68. The summed E-state index contributed by atoms with van der Waals surface area (Å²) in [5.74, 6) is 1.20. The summed E-state index contributed by atoms with van der Waals surface area (Å²) in [5.41, 5.74) is 0.143. The maximum absolute atomic E-state index is 13.5. The van der Waals surface area contributed by atoms with Crippen molar-refractivity contribution in [2.45, 2.75) is 51.9 Å². The Morgan fingerprint density at radius 2 is 1.94 bits per heavy atom. The van der Waals surface area contributed by atoms with E-state index in [2.05, 4.69) is 20.5 Å². The van der Waals surface area contributed by atoms with Gasteiger partial charge in [0.15, 0.2) is 0 Å². The van der Waals surface area contributed by atoms with Crippen LogP contribution in [-0.4, -0.2) is 31.7 Å². The number of rotatable bonds is 6. The lowest BCUT2D eigenvalue weighted by Gasteiger charge is -2.21. The molecule has 3 aromatic rings. The molecule has 1 aliphatic rings. The Bertz CT molecular complexity index is 1190. The van der Waals surface area contributed by atoms with Crippen molar-refractivity contribution in [2.24, 2.45) is 7.05 Å². The zero-order valence-corrected chi connectivity index (χ0v) is 18.8. The zero-order valence-electron chi connectivity index (χ0n) is 18.8. The third-order valence-electron chi connectivity index (χ3n) is 5.68. The van der Waals surface area contributed by atoms with Crippen LogP contribution in [0.1, 0.15) is 59.6 Å². The Hall–Kier alpha value is -3.43. The highest BCUT2D eigenvalue weighted by atomic mass is 19.4. The van der Waals surface area contributed by atoms with E-state index in [1.807, 2.05) is 38.5 Å². The SMILES string of the molecule is CC(C)Nc1cc([C@H](C)Cc2nncn2C)cc(N2Cc3c(cccc3C(F)(F)F)C2=O)n1. The molecular formula is C23H25F3N6O. The number of pyridine rings is 1. The summed E-state index contributed by atoms with van der Waals surface area (Å²) >= 11 is 0. The molecule has 0 unspecified atom stereocenters. The Balaban J connectivity index is 1.72. The Morgan fingerprint density at radius 1 is 1.18 bits per heavy atom. The van der Waals surface area contributed by atoms with Gasteiger partial charge >= 0.3 is 6.18 Å². The van der Waals surface area contributed by atoms with Crippen LogP contribution >= 0.6 is 0 Å². The summed E-state index contributed by atoms with van der Waals surface area (Å²) in [4.78, 5) is 18.9.